The number of amides is 1. The number of nitrogens with one attached hydrogen (secondary N) is 1. The fourth-order valence-electron chi connectivity index (χ4n) is 12.8. The summed E-state index contributed by atoms with van der Waals surface area (Å²) >= 11 is 0. The first kappa shape index (κ1) is 83.6. The molecule has 85 heavy (non-hydrogen) atoms. The van der Waals surface area contributed by atoms with Crippen molar-refractivity contribution in [2.45, 2.75) is 469 Å². The van der Waals surface area contributed by atoms with Gasteiger partial charge in [0.05, 0.1) is 25.4 Å². The van der Waals surface area contributed by atoms with Crippen molar-refractivity contribution in [1.29, 1.82) is 0 Å². The van der Waals surface area contributed by atoms with E-state index in [1.807, 2.05) is 0 Å². The number of allylic oxidation sites excluding steroid dienone is 2. The maximum absolute atomic E-state index is 12.6. The predicted octanol–water partition coefficient (Wildman–Crippen LogP) is 25.9. The highest BCUT2D eigenvalue weighted by molar-refractivity contribution is 5.76. The Bertz CT molecular complexity index is 1290. The van der Waals surface area contributed by atoms with E-state index in [-0.39, 0.29) is 18.5 Å². The monoisotopic (exact) mass is 1200 g/mol. The van der Waals surface area contributed by atoms with Gasteiger partial charge in [0.1, 0.15) is 0 Å². The van der Waals surface area contributed by atoms with Crippen LogP contribution in [0.2, 0.25) is 0 Å². The van der Waals surface area contributed by atoms with Gasteiger partial charge in [-0.2, -0.15) is 0 Å². The van der Waals surface area contributed by atoms with Crippen molar-refractivity contribution in [2.75, 3.05) is 13.2 Å². The van der Waals surface area contributed by atoms with Gasteiger partial charge in [0, 0.05) is 12.8 Å². The zero-order chi connectivity index (χ0) is 61.3. The van der Waals surface area contributed by atoms with Gasteiger partial charge in [-0.15, -0.1) is 0 Å². The molecule has 0 saturated heterocycles. The van der Waals surface area contributed by atoms with E-state index in [4.69, 9.17) is 4.74 Å². The molecule has 0 saturated carbocycles. The van der Waals surface area contributed by atoms with Crippen LogP contribution in [0, 0.1) is 0 Å². The highest BCUT2D eigenvalue weighted by atomic mass is 16.5. The van der Waals surface area contributed by atoms with Gasteiger partial charge in [0.15, 0.2) is 0 Å². The third kappa shape index (κ3) is 71.6. The average molecular weight is 1200 g/mol. The fourth-order valence-corrected chi connectivity index (χ4v) is 12.8. The summed E-state index contributed by atoms with van der Waals surface area (Å²) in [5.41, 5.74) is 0. The van der Waals surface area contributed by atoms with Gasteiger partial charge in [-0.3, -0.25) is 9.59 Å². The quantitative estimate of drug-likeness (QED) is 0.0320. The Balaban J connectivity index is 3.34. The molecule has 0 aliphatic carbocycles. The van der Waals surface area contributed by atoms with E-state index in [9.17, 15) is 19.8 Å². The van der Waals surface area contributed by atoms with Gasteiger partial charge >= 0.3 is 5.97 Å². The number of aliphatic hydroxyl groups is 2. The Labute approximate surface area is 533 Å². The van der Waals surface area contributed by atoms with Gasteiger partial charge in [-0.1, -0.05) is 405 Å². The Hall–Kier alpha value is -1.40. The summed E-state index contributed by atoms with van der Waals surface area (Å²) in [5, 5.41) is 23.5. The summed E-state index contributed by atoms with van der Waals surface area (Å²) in [7, 11) is 0. The van der Waals surface area contributed by atoms with Gasteiger partial charge in [-0.25, -0.2) is 0 Å². The zero-order valence-corrected chi connectivity index (χ0v) is 58.1. The molecule has 0 aliphatic rings. The molecule has 0 bridgehead atoms. The number of rotatable bonds is 75. The summed E-state index contributed by atoms with van der Waals surface area (Å²) in [6, 6.07) is -0.539. The van der Waals surface area contributed by atoms with Gasteiger partial charge in [0.2, 0.25) is 5.91 Å². The fraction of sp³-hybridized carbons (Fsp3) is 0.949. The summed E-state index contributed by atoms with van der Waals surface area (Å²) in [4.78, 5) is 24.6. The molecule has 506 valence electrons. The lowest BCUT2D eigenvalue weighted by Gasteiger charge is -2.22. The Morgan fingerprint density at radius 3 is 0.847 bits per heavy atom. The Morgan fingerprint density at radius 1 is 0.318 bits per heavy atom. The molecule has 0 aromatic rings. The summed E-state index contributed by atoms with van der Waals surface area (Å²) < 4.78 is 5.49. The summed E-state index contributed by atoms with van der Waals surface area (Å²) in [6.45, 7) is 4.99. The van der Waals surface area contributed by atoms with Gasteiger partial charge in [-0.05, 0) is 51.4 Å². The molecular formula is C79H155NO5. The number of carbonyl (C=O) groups excluding carboxylic acids is 2. The second-order valence-corrected chi connectivity index (χ2v) is 27.4. The minimum atomic E-state index is -0.663. The molecule has 0 heterocycles. The van der Waals surface area contributed by atoms with Crippen LogP contribution in [0.1, 0.15) is 457 Å². The molecule has 0 aromatic carbocycles. The molecule has 0 rings (SSSR count). The van der Waals surface area contributed by atoms with Crippen LogP contribution in [0.15, 0.2) is 12.2 Å². The molecule has 6 heteroatoms. The first-order chi connectivity index (χ1) is 42.0. The van der Waals surface area contributed by atoms with E-state index in [1.54, 1.807) is 0 Å². The largest absolute Gasteiger partial charge is 0.466 e. The SMILES string of the molecule is CCCCCC/C=C\CCCCCCCC(=O)OCCCCCCCCCCCCCCCCCCCCCCCCCCCCCCCCC(=O)NC(CO)C(O)CCCCCCCCCCCCCCCCCCCCCCCCCCC. The second kappa shape index (κ2) is 75.1. The van der Waals surface area contributed by atoms with Crippen molar-refractivity contribution in [3.8, 4) is 0 Å². The van der Waals surface area contributed by atoms with Crippen molar-refractivity contribution in [2.24, 2.45) is 0 Å². The minimum Gasteiger partial charge on any atom is -0.466 e. The molecule has 0 radical (unpaired) electrons. The number of carbonyl (C=O) groups is 2. The molecule has 0 aromatic heterocycles. The number of hydrogen-bond acceptors (Lipinski definition) is 5. The third-order valence-corrected chi connectivity index (χ3v) is 18.8. The first-order valence-electron chi connectivity index (χ1n) is 39.4. The van der Waals surface area contributed by atoms with Crippen molar-refractivity contribution in [3.63, 3.8) is 0 Å². The van der Waals surface area contributed by atoms with Crippen LogP contribution in [0.5, 0.6) is 0 Å². The molecule has 0 spiro atoms. The van der Waals surface area contributed by atoms with Gasteiger partial charge < -0.3 is 20.3 Å². The zero-order valence-electron chi connectivity index (χ0n) is 58.1. The number of unbranched alkanes of at least 4 members (excludes halogenated alkanes) is 62. The van der Waals surface area contributed by atoms with Crippen molar-refractivity contribution in [1.82, 2.24) is 5.32 Å². The molecule has 6 nitrogen and oxygen atoms in total. The molecule has 1 amide bonds. The topological polar surface area (TPSA) is 95.9 Å². The van der Waals surface area contributed by atoms with E-state index in [0.29, 0.717) is 25.9 Å². The van der Waals surface area contributed by atoms with E-state index >= 15 is 0 Å². The molecule has 3 N–H and O–H groups in total. The molecule has 2 atom stereocenters. The summed E-state index contributed by atoms with van der Waals surface area (Å²) in [5.74, 6) is -0.0128. The van der Waals surface area contributed by atoms with Crippen LogP contribution in [0.4, 0.5) is 0 Å². The maximum Gasteiger partial charge on any atom is 0.305 e. The molecule has 2 unspecified atom stereocenters. The predicted molar refractivity (Wildman–Crippen MR) is 375 cm³/mol. The molecule has 0 aliphatic heterocycles. The van der Waals surface area contributed by atoms with Gasteiger partial charge in [0.25, 0.3) is 0 Å². The molecule has 0 fully saturated rings. The number of ether oxygens (including phenoxy) is 1. The van der Waals surface area contributed by atoms with Crippen LogP contribution in [0.25, 0.3) is 0 Å². The lowest BCUT2D eigenvalue weighted by Crippen LogP contribution is -2.45. The van der Waals surface area contributed by atoms with E-state index < -0.39 is 12.1 Å². The van der Waals surface area contributed by atoms with Crippen LogP contribution < -0.4 is 5.32 Å². The second-order valence-electron chi connectivity index (χ2n) is 27.4. The Kier molecular flexibility index (Phi) is 73.8. The average Bonchev–Trinajstić information content (AvgIpc) is 3.51. The summed E-state index contributed by atoms with van der Waals surface area (Å²) in [6.07, 6.45) is 94.5. The van der Waals surface area contributed by atoms with Crippen molar-refractivity contribution in [3.05, 3.63) is 12.2 Å². The molecular weight excluding hydrogens is 1040 g/mol. The van der Waals surface area contributed by atoms with Crippen LogP contribution in [0.3, 0.4) is 0 Å². The van der Waals surface area contributed by atoms with Crippen molar-refractivity contribution >= 4 is 11.9 Å². The van der Waals surface area contributed by atoms with Crippen molar-refractivity contribution < 1.29 is 24.5 Å². The lowest BCUT2D eigenvalue weighted by molar-refractivity contribution is -0.143. The van der Waals surface area contributed by atoms with E-state index in [1.165, 1.54) is 379 Å². The first-order valence-corrected chi connectivity index (χ1v) is 39.4. The lowest BCUT2D eigenvalue weighted by atomic mass is 10.0. The van der Waals surface area contributed by atoms with E-state index in [0.717, 1.165) is 44.9 Å². The standard InChI is InChI=1S/C79H155NO5/c1-3-5-7-9-11-13-15-17-18-19-20-21-22-29-32-35-38-41-44-48-51-55-59-63-67-71-77(82)76(75-81)80-78(83)72-68-64-60-56-52-49-45-42-39-36-33-30-27-25-23-24-26-28-31-34-37-40-43-46-50-54-58-62-66-70-74-85-79(84)73-69-65-61-57-53-47-16-14-12-10-8-6-4-2/h14,16,76-77,81-82H,3-13,15,17-75H2,1-2H3,(H,80,83)/b16-14-. The normalized spacial score (nSPS) is 12.5. The minimum absolute atomic E-state index is 0.0121. The Morgan fingerprint density at radius 2 is 0.553 bits per heavy atom. The van der Waals surface area contributed by atoms with E-state index in [2.05, 4.69) is 31.3 Å². The van der Waals surface area contributed by atoms with Crippen LogP contribution in [-0.4, -0.2) is 47.4 Å². The number of aliphatic hydroxyl groups excluding tert-OH is 2. The smallest absolute Gasteiger partial charge is 0.305 e. The maximum atomic E-state index is 12.6. The number of esters is 1. The number of hydrogen-bond donors (Lipinski definition) is 3. The third-order valence-electron chi connectivity index (χ3n) is 18.8. The van der Waals surface area contributed by atoms with Crippen LogP contribution in [-0.2, 0) is 14.3 Å². The highest BCUT2D eigenvalue weighted by Gasteiger charge is 2.20. The highest BCUT2D eigenvalue weighted by Crippen LogP contribution is 2.20. The van der Waals surface area contributed by atoms with Crippen LogP contribution >= 0.6 is 0 Å².